The van der Waals surface area contributed by atoms with Crippen LogP contribution in [0.15, 0.2) is 18.2 Å². The predicted octanol–water partition coefficient (Wildman–Crippen LogP) is 0.987. The molecule has 6 heteroatoms. The zero-order valence-corrected chi connectivity index (χ0v) is 13.7. The minimum atomic E-state index is 0.397. The van der Waals surface area contributed by atoms with Crippen molar-refractivity contribution in [2.75, 3.05) is 52.7 Å². The van der Waals surface area contributed by atoms with E-state index in [9.17, 15) is 0 Å². The minimum Gasteiger partial charge on any atom is -0.497 e. The SMILES string of the molecule is COc1ccc(C(N)=S)c(NCC2CN(C)CCN2C)c1. The summed E-state index contributed by atoms with van der Waals surface area (Å²) in [6, 6.07) is 6.19. The van der Waals surface area contributed by atoms with Crippen molar-refractivity contribution in [1.82, 2.24) is 9.80 Å². The molecule has 116 valence electrons. The van der Waals surface area contributed by atoms with Crippen molar-refractivity contribution in [2.45, 2.75) is 6.04 Å². The second kappa shape index (κ2) is 7.06. The Kier molecular flexibility index (Phi) is 5.39. The van der Waals surface area contributed by atoms with Crippen LogP contribution in [0.2, 0.25) is 0 Å². The van der Waals surface area contributed by atoms with Gasteiger partial charge in [-0.25, -0.2) is 0 Å². The van der Waals surface area contributed by atoms with Crippen molar-refractivity contribution >= 4 is 22.9 Å². The van der Waals surface area contributed by atoms with Gasteiger partial charge in [0.05, 0.1) is 7.11 Å². The second-order valence-electron chi connectivity index (χ2n) is 5.55. The fourth-order valence-corrected chi connectivity index (χ4v) is 2.74. The zero-order valence-electron chi connectivity index (χ0n) is 12.9. The lowest BCUT2D eigenvalue weighted by Gasteiger charge is -2.38. The first-order chi connectivity index (χ1) is 10.0. The number of nitrogens with one attached hydrogen (secondary N) is 1. The Hall–Kier alpha value is -1.37. The molecule has 21 heavy (non-hydrogen) atoms. The lowest BCUT2D eigenvalue weighted by atomic mass is 10.1. The molecular formula is C15H24N4OS. The molecule has 2 rings (SSSR count). The number of piperazine rings is 1. The summed E-state index contributed by atoms with van der Waals surface area (Å²) in [5.74, 6) is 0.798. The van der Waals surface area contributed by atoms with E-state index in [0.29, 0.717) is 11.0 Å². The number of nitrogens with zero attached hydrogens (tertiary/aromatic N) is 2. The molecule has 0 radical (unpaired) electrons. The summed E-state index contributed by atoms with van der Waals surface area (Å²) in [6.45, 7) is 4.10. The third kappa shape index (κ3) is 4.06. The Morgan fingerprint density at radius 1 is 1.43 bits per heavy atom. The second-order valence-corrected chi connectivity index (χ2v) is 5.99. The molecular weight excluding hydrogens is 284 g/mol. The molecule has 1 unspecified atom stereocenters. The van der Waals surface area contributed by atoms with Crippen LogP contribution >= 0.6 is 12.2 Å². The van der Waals surface area contributed by atoms with Crippen molar-refractivity contribution < 1.29 is 4.74 Å². The smallest absolute Gasteiger partial charge is 0.120 e. The Bertz CT molecular complexity index is 508. The molecule has 0 bridgehead atoms. The molecule has 1 aromatic rings. The van der Waals surface area contributed by atoms with Crippen molar-refractivity contribution in [3.8, 4) is 5.75 Å². The van der Waals surface area contributed by atoms with E-state index in [-0.39, 0.29) is 0 Å². The lowest BCUT2D eigenvalue weighted by molar-refractivity contribution is 0.122. The van der Waals surface area contributed by atoms with Crippen LogP contribution in [0.4, 0.5) is 5.69 Å². The summed E-state index contributed by atoms with van der Waals surface area (Å²) in [5.41, 5.74) is 7.59. The van der Waals surface area contributed by atoms with E-state index >= 15 is 0 Å². The summed E-state index contributed by atoms with van der Waals surface area (Å²) >= 11 is 5.12. The highest BCUT2D eigenvalue weighted by Gasteiger charge is 2.22. The van der Waals surface area contributed by atoms with Gasteiger partial charge in [-0.15, -0.1) is 0 Å². The summed E-state index contributed by atoms with van der Waals surface area (Å²) in [6.07, 6.45) is 0. The van der Waals surface area contributed by atoms with Gasteiger partial charge in [0.1, 0.15) is 10.7 Å². The molecule has 0 spiro atoms. The van der Waals surface area contributed by atoms with Crippen LogP contribution in [0.3, 0.4) is 0 Å². The highest BCUT2D eigenvalue weighted by molar-refractivity contribution is 7.80. The normalized spacial score (nSPS) is 20.2. The van der Waals surface area contributed by atoms with Crippen LogP contribution in [0, 0.1) is 0 Å². The van der Waals surface area contributed by atoms with Crippen molar-refractivity contribution in [1.29, 1.82) is 0 Å². The number of anilines is 1. The van der Waals surface area contributed by atoms with Gasteiger partial charge in [-0.1, -0.05) is 12.2 Å². The number of likely N-dealkylation sites (N-methyl/N-ethyl adjacent to an activating group) is 2. The van der Waals surface area contributed by atoms with Crippen LogP contribution in [0.1, 0.15) is 5.56 Å². The lowest BCUT2D eigenvalue weighted by Crippen LogP contribution is -2.52. The molecule has 1 aromatic carbocycles. The average molecular weight is 308 g/mol. The number of methoxy groups -OCH3 is 1. The molecule has 0 amide bonds. The van der Waals surface area contributed by atoms with Crippen molar-refractivity contribution in [3.63, 3.8) is 0 Å². The van der Waals surface area contributed by atoms with Gasteiger partial charge in [0, 0.05) is 49.5 Å². The summed E-state index contributed by atoms with van der Waals surface area (Å²) in [4.78, 5) is 5.13. The zero-order chi connectivity index (χ0) is 15.4. The van der Waals surface area contributed by atoms with Crippen molar-refractivity contribution in [3.05, 3.63) is 23.8 Å². The van der Waals surface area contributed by atoms with Crippen LogP contribution in [0.25, 0.3) is 0 Å². The van der Waals surface area contributed by atoms with Crippen LogP contribution < -0.4 is 15.8 Å². The topological polar surface area (TPSA) is 53.8 Å². The largest absolute Gasteiger partial charge is 0.497 e. The van der Waals surface area contributed by atoms with E-state index in [1.54, 1.807) is 7.11 Å². The molecule has 1 atom stereocenters. The Morgan fingerprint density at radius 3 is 2.86 bits per heavy atom. The summed E-state index contributed by atoms with van der Waals surface area (Å²) in [7, 11) is 5.98. The maximum Gasteiger partial charge on any atom is 0.120 e. The number of hydrogen-bond acceptors (Lipinski definition) is 5. The molecule has 1 fully saturated rings. The quantitative estimate of drug-likeness (QED) is 0.791. The third-order valence-corrected chi connectivity index (χ3v) is 4.22. The van der Waals surface area contributed by atoms with Gasteiger partial charge in [-0.3, -0.25) is 4.90 Å². The maximum atomic E-state index is 5.80. The van der Waals surface area contributed by atoms with Crippen LogP contribution in [-0.2, 0) is 0 Å². The van der Waals surface area contributed by atoms with Gasteiger partial charge in [-0.2, -0.15) is 0 Å². The number of hydrogen-bond donors (Lipinski definition) is 2. The van der Waals surface area contributed by atoms with E-state index in [0.717, 1.165) is 43.2 Å². The minimum absolute atomic E-state index is 0.397. The number of thiocarbonyl (C=S) groups is 1. The average Bonchev–Trinajstić information content (AvgIpc) is 2.47. The van der Waals surface area contributed by atoms with E-state index in [2.05, 4.69) is 29.2 Å². The molecule has 1 saturated heterocycles. The Labute approximate surface area is 132 Å². The number of benzene rings is 1. The molecule has 1 aliphatic rings. The van der Waals surface area contributed by atoms with E-state index in [1.165, 1.54) is 0 Å². The van der Waals surface area contributed by atoms with E-state index in [4.69, 9.17) is 22.7 Å². The van der Waals surface area contributed by atoms with Crippen molar-refractivity contribution in [2.24, 2.45) is 5.73 Å². The van der Waals surface area contributed by atoms with E-state index in [1.807, 2.05) is 18.2 Å². The molecule has 3 N–H and O–H groups in total. The van der Waals surface area contributed by atoms with Gasteiger partial charge in [-0.05, 0) is 26.2 Å². The van der Waals surface area contributed by atoms with Gasteiger partial charge >= 0.3 is 0 Å². The third-order valence-electron chi connectivity index (χ3n) is 4.00. The first kappa shape index (κ1) is 16.0. The maximum absolute atomic E-state index is 5.80. The van der Waals surface area contributed by atoms with Crippen LogP contribution in [0.5, 0.6) is 5.75 Å². The fourth-order valence-electron chi connectivity index (χ4n) is 2.56. The number of nitrogens with two attached hydrogens (primary N) is 1. The molecule has 0 saturated carbocycles. The Morgan fingerprint density at radius 2 is 2.19 bits per heavy atom. The first-order valence-corrected chi connectivity index (χ1v) is 7.52. The molecule has 1 heterocycles. The molecule has 0 aliphatic carbocycles. The van der Waals surface area contributed by atoms with Gasteiger partial charge in [0.15, 0.2) is 0 Å². The number of ether oxygens (including phenoxy) is 1. The fraction of sp³-hybridized carbons (Fsp3) is 0.533. The van der Waals surface area contributed by atoms with Gasteiger partial charge < -0.3 is 20.7 Å². The van der Waals surface area contributed by atoms with Gasteiger partial charge in [0.25, 0.3) is 0 Å². The summed E-state index contributed by atoms with van der Waals surface area (Å²) < 4.78 is 5.28. The molecule has 5 nitrogen and oxygen atoms in total. The monoisotopic (exact) mass is 308 g/mol. The molecule has 0 aromatic heterocycles. The number of rotatable bonds is 5. The molecule has 1 aliphatic heterocycles. The van der Waals surface area contributed by atoms with Crippen LogP contribution in [-0.4, -0.2) is 68.2 Å². The van der Waals surface area contributed by atoms with Gasteiger partial charge in [0.2, 0.25) is 0 Å². The standard InChI is InChI=1S/C15H24N4OS/c1-18-6-7-19(2)11(10-18)9-17-14-8-12(20-3)4-5-13(14)15(16)21/h4-5,8,11,17H,6-7,9-10H2,1-3H3,(H2,16,21). The summed E-state index contributed by atoms with van der Waals surface area (Å²) in [5, 5.41) is 3.47. The Balaban J connectivity index is 2.09. The van der Waals surface area contributed by atoms with E-state index < -0.39 is 0 Å². The highest BCUT2D eigenvalue weighted by atomic mass is 32.1. The highest BCUT2D eigenvalue weighted by Crippen LogP contribution is 2.23. The predicted molar refractivity (Wildman–Crippen MR) is 91.3 cm³/mol. The first-order valence-electron chi connectivity index (χ1n) is 7.11.